The molecule has 0 bridgehead atoms. The van der Waals surface area contributed by atoms with E-state index in [1.165, 1.54) is 0 Å². The number of piperazine rings is 1. The standard InChI is InChI=1S/C34H37N3O5/c1-5-16-42-28-15-14-23(18-29(28)41-6-2)26-20-37-30(38)21-36(19-22-10-9-11-24(17-22)40-4)33(39)34(37,3)32-31(26)25-12-7-8-13-27(25)35-32/h7-15,17-18,26,35H,5-6,16,19-21H2,1-4H3/t26-,34-/m0/s1. The number of methoxy groups -OCH3 is 1. The van der Waals surface area contributed by atoms with Crippen LogP contribution < -0.4 is 14.2 Å². The number of nitrogens with zero attached hydrogens (tertiary/aromatic N) is 2. The number of aromatic nitrogens is 1. The maximum atomic E-state index is 14.4. The summed E-state index contributed by atoms with van der Waals surface area (Å²) in [5.74, 6) is 1.76. The maximum absolute atomic E-state index is 14.4. The van der Waals surface area contributed by atoms with Gasteiger partial charge in [0.2, 0.25) is 5.91 Å². The van der Waals surface area contributed by atoms with E-state index in [9.17, 15) is 9.59 Å². The van der Waals surface area contributed by atoms with Gasteiger partial charge in [-0.2, -0.15) is 0 Å². The van der Waals surface area contributed by atoms with Crippen molar-refractivity contribution in [2.24, 2.45) is 0 Å². The van der Waals surface area contributed by atoms with E-state index in [0.29, 0.717) is 43.6 Å². The van der Waals surface area contributed by atoms with Gasteiger partial charge in [-0.3, -0.25) is 9.59 Å². The highest BCUT2D eigenvalue weighted by molar-refractivity contribution is 6.01. The number of carbonyl (C=O) groups is 2. The quantitative estimate of drug-likeness (QED) is 0.285. The fourth-order valence-corrected chi connectivity index (χ4v) is 6.43. The van der Waals surface area contributed by atoms with Gasteiger partial charge in [0.25, 0.3) is 5.91 Å². The number of amides is 2. The largest absolute Gasteiger partial charge is 0.497 e. The molecule has 4 aromatic rings. The molecule has 2 atom stereocenters. The molecule has 1 N–H and O–H groups in total. The molecule has 42 heavy (non-hydrogen) atoms. The highest BCUT2D eigenvalue weighted by Gasteiger charge is 2.56. The lowest BCUT2D eigenvalue weighted by atomic mass is 9.76. The summed E-state index contributed by atoms with van der Waals surface area (Å²) >= 11 is 0. The summed E-state index contributed by atoms with van der Waals surface area (Å²) in [5, 5.41) is 1.05. The summed E-state index contributed by atoms with van der Waals surface area (Å²) in [4.78, 5) is 35.3. The van der Waals surface area contributed by atoms with Crippen molar-refractivity contribution in [2.45, 2.75) is 45.2 Å². The molecule has 1 fully saturated rings. The molecule has 0 unspecified atom stereocenters. The minimum atomic E-state index is -1.17. The number of aromatic amines is 1. The third kappa shape index (κ3) is 4.55. The van der Waals surface area contributed by atoms with Crippen molar-refractivity contribution in [1.82, 2.24) is 14.8 Å². The molecule has 0 spiro atoms. The van der Waals surface area contributed by atoms with Gasteiger partial charge in [-0.25, -0.2) is 0 Å². The van der Waals surface area contributed by atoms with E-state index in [2.05, 4.69) is 24.0 Å². The Morgan fingerprint density at radius 2 is 1.81 bits per heavy atom. The molecule has 0 saturated carbocycles. The van der Waals surface area contributed by atoms with Crippen molar-refractivity contribution >= 4 is 22.7 Å². The molecule has 1 aromatic heterocycles. The van der Waals surface area contributed by atoms with Crippen LogP contribution in [-0.4, -0.2) is 60.0 Å². The summed E-state index contributed by atoms with van der Waals surface area (Å²) < 4.78 is 17.3. The molecular weight excluding hydrogens is 530 g/mol. The molecule has 3 aromatic carbocycles. The lowest BCUT2D eigenvalue weighted by molar-refractivity contribution is -0.166. The minimum Gasteiger partial charge on any atom is -0.497 e. The molecule has 1 saturated heterocycles. The van der Waals surface area contributed by atoms with Crippen molar-refractivity contribution in [1.29, 1.82) is 0 Å². The summed E-state index contributed by atoms with van der Waals surface area (Å²) in [6.45, 7) is 7.73. The van der Waals surface area contributed by atoms with E-state index < -0.39 is 5.54 Å². The Balaban J connectivity index is 1.45. The van der Waals surface area contributed by atoms with Gasteiger partial charge in [-0.1, -0.05) is 43.3 Å². The molecule has 6 rings (SSSR count). The number of fused-ring (bicyclic) bond motifs is 5. The van der Waals surface area contributed by atoms with Gasteiger partial charge in [0.05, 0.1) is 26.0 Å². The van der Waals surface area contributed by atoms with Gasteiger partial charge < -0.3 is 29.0 Å². The molecular formula is C34H37N3O5. The second-order valence-electron chi connectivity index (χ2n) is 11.1. The number of benzene rings is 3. The first-order valence-corrected chi connectivity index (χ1v) is 14.6. The molecule has 8 heteroatoms. The number of para-hydroxylation sites is 1. The van der Waals surface area contributed by atoms with Crippen molar-refractivity contribution in [3.8, 4) is 17.2 Å². The summed E-state index contributed by atoms with van der Waals surface area (Å²) in [7, 11) is 1.62. The normalized spacial score (nSPS) is 20.0. The molecule has 2 aliphatic heterocycles. The fraction of sp³-hybridized carbons (Fsp3) is 0.353. The average molecular weight is 568 g/mol. The van der Waals surface area contributed by atoms with Crippen LogP contribution in [0.25, 0.3) is 10.9 Å². The Hall–Kier alpha value is -4.46. The molecule has 218 valence electrons. The third-order valence-corrected chi connectivity index (χ3v) is 8.46. The predicted molar refractivity (Wildman–Crippen MR) is 161 cm³/mol. The Morgan fingerprint density at radius 1 is 0.976 bits per heavy atom. The molecule has 3 heterocycles. The van der Waals surface area contributed by atoms with E-state index in [-0.39, 0.29) is 24.3 Å². The van der Waals surface area contributed by atoms with Crippen LogP contribution in [0.1, 0.15) is 55.5 Å². The van der Waals surface area contributed by atoms with Gasteiger partial charge in [-0.05, 0) is 67.3 Å². The second kappa shape index (κ2) is 11.1. The van der Waals surface area contributed by atoms with Crippen LogP contribution in [0, 0.1) is 0 Å². The first kappa shape index (κ1) is 27.7. The zero-order valence-corrected chi connectivity index (χ0v) is 24.6. The van der Waals surface area contributed by atoms with Gasteiger partial charge >= 0.3 is 0 Å². The second-order valence-corrected chi connectivity index (χ2v) is 11.1. The Kier molecular flexibility index (Phi) is 7.31. The van der Waals surface area contributed by atoms with Crippen molar-refractivity contribution in [3.63, 3.8) is 0 Å². The maximum Gasteiger partial charge on any atom is 0.255 e. The van der Waals surface area contributed by atoms with Crippen molar-refractivity contribution in [2.75, 3.05) is 33.4 Å². The zero-order chi connectivity index (χ0) is 29.4. The Morgan fingerprint density at radius 3 is 2.60 bits per heavy atom. The van der Waals surface area contributed by atoms with Crippen LogP contribution in [0.4, 0.5) is 0 Å². The topological polar surface area (TPSA) is 84.1 Å². The third-order valence-electron chi connectivity index (χ3n) is 8.46. The number of nitrogens with one attached hydrogen (secondary N) is 1. The van der Waals surface area contributed by atoms with Crippen LogP contribution in [0.3, 0.4) is 0 Å². The average Bonchev–Trinajstić information content (AvgIpc) is 3.40. The molecule has 2 aliphatic rings. The van der Waals surface area contributed by atoms with Gasteiger partial charge in [-0.15, -0.1) is 0 Å². The van der Waals surface area contributed by atoms with Crippen LogP contribution in [0.5, 0.6) is 17.2 Å². The lowest BCUT2D eigenvalue weighted by Gasteiger charge is -2.51. The number of ether oxygens (including phenoxy) is 3. The molecule has 0 radical (unpaired) electrons. The lowest BCUT2D eigenvalue weighted by Crippen LogP contribution is -2.67. The molecule has 2 amide bonds. The SMILES string of the molecule is CCCOc1ccc([C@@H]2CN3C(=O)CN(Cc4cccc(OC)c4)C(=O)[C@]3(C)c3[nH]c4ccccc4c32)cc1OCC. The van der Waals surface area contributed by atoms with Crippen LogP contribution in [-0.2, 0) is 21.7 Å². The predicted octanol–water partition coefficient (Wildman–Crippen LogP) is 5.60. The number of H-pyrrole nitrogens is 1. The van der Waals surface area contributed by atoms with Gasteiger partial charge in [0, 0.05) is 29.9 Å². The highest BCUT2D eigenvalue weighted by Crippen LogP contribution is 2.49. The van der Waals surface area contributed by atoms with Crippen LogP contribution in [0.15, 0.2) is 66.7 Å². The highest BCUT2D eigenvalue weighted by atomic mass is 16.5. The van der Waals surface area contributed by atoms with Gasteiger partial charge in [0.15, 0.2) is 17.0 Å². The Labute approximate surface area is 246 Å². The summed E-state index contributed by atoms with van der Waals surface area (Å²) in [6.07, 6.45) is 0.896. The van der Waals surface area contributed by atoms with Gasteiger partial charge in [0.1, 0.15) is 12.3 Å². The Bertz CT molecular complexity index is 1650. The zero-order valence-electron chi connectivity index (χ0n) is 24.6. The van der Waals surface area contributed by atoms with E-state index >= 15 is 0 Å². The van der Waals surface area contributed by atoms with Crippen molar-refractivity contribution in [3.05, 3.63) is 89.1 Å². The first-order valence-electron chi connectivity index (χ1n) is 14.6. The summed E-state index contributed by atoms with van der Waals surface area (Å²) in [5.41, 5.74) is 3.48. The van der Waals surface area contributed by atoms with E-state index in [1.807, 2.05) is 68.4 Å². The first-order chi connectivity index (χ1) is 20.4. The minimum absolute atomic E-state index is 0.0158. The van der Waals surface area contributed by atoms with E-state index in [0.717, 1.165) is 39.7 Å². The van der Waals surface area contributed by atoms with E-state index in [1.54, 1.807) is 16.9 Å². The number of carbonyl (C=O) groups excluding carboxylic acids is 2. The molecule has 0 aliphatic carbocycles. The number of hydrogen-bond donors (Lipinski definition) is 1. The number of hydrogen-bond acceptors (Lipinski definition) is 5. The smallest absolute Gasteiger partial charge is 0.255 e. The van der Waals surface area contributed by atoms with Crippen LogP contribution >= 0.6 is 0 Å². The van der Waals surface area contributed by atoms with E-state index in [4.69, 9.17) is 14.2 Å². The van der Waals surface area contributed by atoms with Crippen molar-refractivity contribution < 1.29 is 23.8 Å². The fourth-order valence-electron chi connectivity index (χ4n) is 6.43. The van der Waals surface area contributed by atoms with Crippen LogP contribution in [0.2, 0.25) is 0 Å². The monoisotopic (exact) mass is 567 g/mol. The summed E-state index contributed by atoms with van der Waals surface area (Å²) in [6, 6.07) is 21.8. The number of rotatable bonds is 9. The molecule has 8 nitrogen and oxygen atoms in total.